The topological polar surface area (TPSA) is 33.2 Å². The molecule has 2 aromatic carbocycles. The molecule has 3 aromatic rings. The summed E-state index contributed by atoms with van der Waals surface area (Å²) in [7, 11) is 1.80. The Morgan fingerprint density at radius 3 is 2.40 bits per heavy atom. The van der Waals surface area contributed by atoms with Gasteiger partial charge in [-0.1, -0.05) is 66.2 Å². The zero-order chi connectivity index (χ0) is 17.6. The lowest BCUT2D eigenvalue weighted by Gasteiger charge is -2.19. The minimum atomic E-state index is 0.00137. The van der Waals surface area contributed by atoms with Gasteiger partial charge >= 0.3 is 0 Å². The Balaban J connectivity index is 1.78. The summed E-state index contributed by atoms with van der Waals surface area (Å²) < 4.78 is 0. The van der Waals surface area contributed by atoms with Crippen molar-refractivity contribution in [2.75, 3.05) is 7.05 Å². The van der Waals surface area contributed by atoms with E-state index in [9.17, 15) is 4.79 Å². The highest BCUT2D eigenvalue weighted by atomic mass is 35.5. The van der Waals surface area contributed by atoms with E-state index in [2.05, 4.69) is 17.1 Å². The molecule has 0 radical (unpaired) electrons. The first-order chi connectivity index (χ1) is 12.1. The van der Waals surface area contributed by atoms with Crippen LogP contribution in [0.15, 0.2) is 72.9 Å². The number of hydrogen-bond acceptors (Lipinski definition) is 2. The maximum Gasteiger partial charge on any atom is 0.254 e. The van der Waals surface area contributed by atoms with Crippen molar-refractivity contribution >= 4 is 17.5 Å². The van der Waals surface area contributed by atoms with E-state index in [4.69, 9.17) is 11.6 Å². The molecular formula is C21H19ClN2O. The molecule has 3 nitrogen and oxygen atoms in total. The maximum absolute atomic E-state index is 12.9. The lowest BCUT2D eigenvalue weighted by molar-refractivity contribution is 0.0784. The van der Waals surface area contributed by atoms with Gasteiger partial charge in [0.15, 0.2) is 0 Å². The van der Waals surface area contributed by atoms with E-state index in [1.54, 1.807) is 24.2 Å². The van der Waals surface area contributed by atoms with Crippen molar-refractivity contribution < 1.29 is 4.79 Å². The predicted octanol–water partition coefficient (Wildman–Crippen LogP) is 4.60. The average molecular weight is 351 g/mol. The smallest absolute Gasteiger partial charge is 0.254 e. The molecule has 0 atom stereocenters. The molecule has 0 saturated heterocycles. The molecule has 0 aliphatic rings. The van der Waals surface area contributed by atoms with E-state index < -0.39 is 0 Å². The molecule has 0 bridgehead atoms. The standard InChI is InChI=1S/C21H19ClN2O/c1-24(15-17-11-12-20(22)23-14-17)21(25)19-10-6-5-9-18(19)13-16-7-3-2-4-8-16/h2-12,14H,13,15H2,1H3. The van der Waals surface area contributed by atoms with Gasteiger partial charge in [0.1, 0.15) is 5.15 Å². The van der Waals surface area contributed by atoms with Crippen molar-refractivity contribution in [3.8, 4) is 0 Å². The fourth-order valence-electron chi connectivity index (χ4n) is 2.75. The first kappa shape index (κ1) is 17.2. The zero-order valence-corrected chi connectivity index (χ0v) is 14.8. The van der Waals surface area contributed by atoms with Gasteiger partial charge in [0.2, 0.25) is 0 Å². The fraction of sp³-hybridized carbons (Fsp3) is 0.143. The van der Waals surface area contributed by atoms with Crippen molar-refractivity contribution in [2.24, 2.45) is 0 Å². The van der Waals surface area contributed by atoms with E-state index in [0.717, 1.165) is 23.1 Å². The monoisotopic (exact) mass is 350 g/mol. The van der Waals surface area contributed by atoms with Crippen LogP contribution in [0.5, 0.6) is 0 Å². The molecule has 0 N–H and O–H groups in total. The van der Waals surface area contributed by atoms with Gasteiger partial charge in [-0.05, 0) is 35.2 Å². The van der Waals surface area contributed by atoms with Crippen LogP contribution in [0.25, 0.3) is 0 Å². The second-order valence-corrected chi connectivity index (χ2v) is 6.36. The lowest BCUT2D eigenvalue weighted by atomic mass is 9.99. The lowest BCUT2D eigenvalue weighted by Crippen LogP contribution is -2.27. The Kier molecular flexibility index (Phi) is 5.46. The van der Waals surface area contributed by atoms with Gasteiger partial charge in [-0.3, -0.25) is 4.79 Å². The normalized spacial score (nSPS) is 10.5. The second kappa shape index (κ2) is 7.95. The number of hydrogen-bond donors (Lipinski definition) is 0. The summed E-state index contributed by atoms with van der Waals surface area (Å²) in [6.07, 6.45) is 2.43. The molecule has 0 aliphatic heterocycles. The Morgan fingerprint density at radius 1 is 0.960 bits per heavy atom. The Morgan fingerprint density at radius 2 is 1.68 bits per heavy atom. The quantitative estimate of drug-likeness (QED) is 0.630. The number of aromatic nitrogens is 1. The van der Waals surface area contributed by atoms with Gasteiger partial charge in [0.05, 0.1) is 0 Å². The van der Waals surface area contributed by atoms with E-state index in [1.165, 1.54) is 5.56 Å². The maximum atomic E-state index is 12.9. The van der Waals surface area contributed by atoms with E-state index in [-0.39, 0.29) is 5.91 Å². The summed E-state index contributed by atoms with van der Waals surface area (Å²) >= 11 is 5.81. The Labute approximate surface area is 152 Å². The summed E-state index contributed by atoms with van der Waals surface area (Å²) in [6, 6.07) is 21.6. The van der Waals surface area contributed by atoms with Crippen LogP contribution in [-0.2, 0) is 13.0 Å². The average Bonchev–Trinajstić information content (AvgIpc) is 2.64. The number of rotatable bonds is 5. The third-order valence-electron chi connectivity index (χ3n) is 4.04. The van der Waals surface area contributed by atoms with E-state index >= 15 is 0 Å². The van der Waals surface area contributed by atoms with Gasteiger partial charge in [0.25, 0.3) is 5.91 Å². The molecular weight excluding hydrogens is 332 g/mol. The molecule has 0 aliphatic carbocycles. The summed E-state index contributed by atoms with van der Waals surface area (Å²) in [5.41, 5.74) is 3.89. The minimum Gasteiger partial charge on any atom is -0.337 e. The first-order valence-electron chi connectivity index (χ1n) is 8.11. The van der Waals surface area contributed by atoms with E-state index in [1.807, 2.05) is 48.5 Å². The SMILES string of the molecule is CN(Cc1ccc(Cl)nc1)C(=O)c1ccccc1Cc1ccccc1. The molecule has 0 spiro atoms. The molecule has 0 unspecified atom stereocenters. The molecule has 0 fully saturated rings. The van der Waals surface area contributed by atoms with Crippen molar-refractivity contribution in [1.29, 1.82) is 0 Å². The van der Waals surface area contributed by atoms with Crippen LogP contribution >= 0.6 is 11.6 Å². The Hall–Kier alpha value is -2.65. The highest BCUT2D eigenvalue weighted by Gasteiger charge is 2.16. The second-order valence-electron chi connectivity index (χ2n) is 5.97. The highest BCUT2D eigenvalue weighted by Crippen LogP contribution is 2.17. The number of nitrogens with zero attached hydrogens (tertiary/aromatic N) is 2. The van der Waals surface area contributed by atoms with Gasteiger partial charge in [0, 0.05) is 25.4 Å². The zero-order valence-electron chi connectivity index (χ0n) is 14.0. The highest BCUT2D eigenvalue weighted by molar-refractivity contribution is 6.29. The number of benzene rings is 2. The summed E-state index contributed by atoms with van der Waals surface area (Å²) in [5.74, 6) is 0.00137. The Bertz CT molecular complexity index is 847. The van der Waals surface area contributed by atoms with Crippen LogP contribution < -0.4 is 0 Å². The molecule has 1 aromatic heterocycles. The van der Waals surface area contributed by atoms with Crippen LogP contribution in [0.3, 0.4) is 0 Å². The van der Waals surface area contributed by atoms with Gasteiger partial charge in [-0.25, -0.2) is 4.98 Å². The molecule has 4 heteroatoms. The summed E-state index contributed by atoms with van der Waals surface area (Å²) in [5, 5.41) is 0.450. The van der Waals surface area contributed by atoms with E-state index in [0.29, 0.717) is 11.7 Å². The van der Waals surface area contributed by atoms with Crippen molar-refractivity contribution in [3.05, 3.63) is 100 Å². The van der Waals surface area contributed by atoms with Crippen LogP contribution in [-0.4, -0.2) is 22.8 Å². The number of pyridine rings is 1. The molecule has 1 heterocycles. The van der Waals surface area contributed by atoms with Gasteiger partial charge in [-0.15, -0.1) is 0 Å². The van der Waals surface area contributed by atoms with Crippen molar-refractivity contribution in [2.45, 2.75) is 13.0 Å². The summed E-state index contributed by atoms with van der Waals surface area (Å²) in [4.78, 5) is 18.7. The molecule has 1 amide bonds. The summed E-state index contributed by atoms with van der Waals surface area (Å²) in [6.45, 7) is 0.489. The van der Waals surface area contributed by atoms with Crippen molar-refractivity contribution in [1.82, 2.24) is 9.88 Å². The van der Waals surface area contributed by atoms with Crippen LogP contribution in [0.4, 0.5) is 0 Å². The molecule has 0 saturated carbocycles. The largest absolute Gasteiger partial charge is 0.337 e. The number of carbonyl (C=O) groups excluding carboxylic acids is 1. The van der Waals surface area contributed by atoms with Crippen molar-refractivity contribution in [3.63, 3.8) is 0 Å². The fourth-order valence-corrected chi connectivity index (χ4v) is 2.86. The third-order valence-corrected chi connectivity index (χ3v) is 4.26. The predicted molar refractivity (Wildman–Crippen MR) is 101 cm³/mol. The number of halogens is 1. The minimum absolute atomic E-state index is 0.00137. The number of carbonyl (C=O) groups is 1. The van der Waals surface area contributed by atoms with Gasteiger partial charge < -0.3 is 4.90 Å². The molecule has 126 valence electrons. The van der Waals surface area contributed by atoms with Gasteiger partial charge in [-0.2, -0.15) is 0 Å². The van der Waals surface area contributed by atoms with Crippen LogP contribution in [0.2, 0.25) is 5.15 Å². The molecule has 3 rings (SSSR count). The first-order valence-corrected chi connectivity index (χ1v) is 8.49. The molecule has 25 heavy (non-hydrogen) atoms. The van der Waals surface area contributed by atoms with Crippen LogP contribution in [0, 0.1) is 0 Å². The third kappa shape index (κ3) is 4.46. The van der Waals surface area contributed by atoms with Crippen LogP contribution in [0.1, 0.15) is 27.0 Å². The number of amides is 1.